The summed E-state index contributed by atoms with van der Waals surface area (Å²) in [6.45, 7) is 22.5. The van der Waals surface area contributed by atoms with E-state index >= 15 is 0 Å². The molecular weight excluding hydrogens is 415 g/mol. The van der Waals surface area contributed by atoms with E-state index in [0.29, 0.717) is 5.41 Å². The number of aliphatic imine (C=N–C) groups is 1. The molecule has 2 aliphatic rings. The predicted molar refractivity (Wildman–Crippen MR) is 112 cm³/mol. The van der Waals surface area contributed by atoms with Crippen molar-refractivity contribution in [3.05, 3.63) is 0 Å². The van der Waals surface area contributed by atoms with E-state index in [4.69, 9.17) is 9.73 Å². The molecule has 2 fully saturated rings. The van der Waals surface area contributed by atoms with Crippen LogP contribution in [0.3, 0.4) is 0 Å². The molecule has 0 amide bonds. The van der Waals surface area contributed by atoms with Gasteiger partial charge in [0.25, 0.3) is 0 Å². The lowest BCUT2D eigenvalue weighted by molar-refractivity contribution is -0.0670. The van der Waals surface area contributed by atoms with Crippen molar-refractivity contribution in [3.8, 4) is 0 Å². The smallest absolute Gasteiger partial charge is 0.194 e. The summed E-state index contributed by atoms with van der Waals surface area (Å²) in [6, 6.07) is 0. The van der Waals surface area contributed by atoms with Crippen LogP contribution in [0.25, 0.3) is 0 Å². The molecular formula is C18H37IN4O. The van der Waals surface area contributed by atoms with Crippen LogP contribution in [0.2, 0.25) is 0 Å². The second-order valence-corrected chi connectivity index (χ2v) is 8.61. The monoisotopic (exact) mass is 452 g/mol. The summed E-state index contributed by atoms with van der Waals surface area (Å²) in [4.78, 5) is 9.91. The first-order valence-corrected chi connectivity index (χ1v) is 9.00. The molecule has 1 N–H and O–H groups in total. The van der Waals surface area contributed by atoms with Gasteiger partial charge in [0.05, 0.1) is 19.8 Å². The first-order valence-electron chi connectivity index (χ1n) is 9.00. The van der Waals surface area contributed by atoms with E-state index in [1.807, 2.05) is 0 Å². The Balaban J connectivity index is 0.00000288. The van der Waals surface area contributed by atoms with Crippen molar-refractivity contribution in [1.82, 2.24) is 15.1 Å². The van der Waals surface area contributed by atoms with Crippen LogP contribution in [0.15, 0.2) is 4.99 Å². The van der Waals surface area contributed by atoms with Gasteiger partial charge in [0.15, 0.2) is 5.96 Å². The highest BCUT2D eigenvalue weighted by molar-refractivity contribution is 14.0. The summed E-state index contributed by atoms with van der Waals surface area (Å²) in [5, 5.41) is 3.49. The molecule has 2 aliphatic heterocycles. The van der Waals surface area contributed by atoms with Gasteiger partial charge in [-0.15, -0.1) is 24.0 Å². The molecule has 0 aromatic heterocycles. The van der Waals surface area contributed by atoms with Crippen LogP contribution in [0.4, 0.5) is 0 Å². The van der Waals surface area contributed by atoms with Gasteiger partial charge < -0.3 is 15.0 Å². The molecule has 2 rings (SSSR count). The molecule has 0 atom stereocenters. The molecule has 0 radical (unpaired) electrons. The molecule has 0 saturated carbocycles. The number of ether oxygens (including phenoxy) is 1. The molecule has 5 nitrogen and oxygen atoms in total. The summed E-state index contributed by atoms with van der Waals surface area (Å²) in [5.41, 5.74) is 0.523. The zero-order valence-electron chi connectivity index (χ0n) is 16.6. The van der Waals surface area contributed by atoms with E-state index < -0.39 is 0 Å². The molecule has 0 bridgehead atoms. The average Bonchev–Trinajstić information content (AvgIpc) is 2.50. The Labute approximate surface area is 165 Å². The molecule has 0 aliphatic carbocycles. The van der Waals surface area contributed by atoms with Crippen molar-refractivity contribution in [2.75, 3.05) is 45.9 Å². The zero-order valence-corrected chi connectivity index (χ0v) is 18.9. The van der Waals surface area contributed by atoms with Crippen molar-refractivity contribution in [1.29, 1.82) is 0 Å². The average molecular weight is 452 g/mol. The maximum atomic E-state index is 5.48. The molecule has 2 saturated heterocycles. The number of halogens is 1. The number of nitrogens with one attached hydrogen (secondary N) is 1. The second-order valence-electron chi connectivity index (χ2n) is 8.61. The fourth-order valence-electron chi connectivity index (χ4n) is 3.33. The van der Waals surface area contributed by atoms with Crippen molar-refractivity contribution in [2.24, 2.45) is 10.4 Å². The number of rotatable bonds is 4. The number of guanidine groups is 1. The van der Waals surface area contributed by atoms with E-state index in [1.54, 1.807) is 0 Å². The second kappa shape index (κ2) is 8.08. The number of hydrogen-bond donors (Lipinski definition) is 1. The normalized spacial score (nSPS) is 24.1. The van der Waals surface area contributed by atoms with Gasteiger partial charge in [0.1, 0.15) is 0 Å². The largest absolute Gasteiger partial charge is 0.379 e. The molecule has 0 spiro atoms. The van der Waals surface area contributed by atoms with Crippen LogP contribution >= 0.6 is 24.0 Å². The van der Waals surface area contributed by atoms with Crippen LogP contribution in [-0.2, 0) is 4.74 Å². The Hall–Kier alpha value is -0.0800. The maximum Gasteiger partial charge on any atom is 0.194 e. The lowest BCUT2D eigenvalue weighted by atomic mass is 9.65. The highest BCUT2D eigenvalue weighted by Gasteiger charge is 2.53. The van der Waals surface area contributed by atoms with Gasteiger partial charge >= 0.3 is 0 Å². The number of morpholine rings is 1. The van der Waals surface area contributed by atoms with E-state index in [-0.39, 0.29) is 35.1 Å². The molecule has 24 heavy (non-hydrogen) atoms. The summed E-state index contributed by atoms with van der Waals surface area (Å²) in [5.74, 6) is 1.05. The highest BCUT2D eigenvalue weighted by Crippen LogP contribution is 2.46. The third-order valence-corrected chi connectivity index (χ3v) is 5.96. The minimum atomic E-state index is 0. The molecule has 142 valence electrons. The third kappa shape index (κ3) is 4.36. The molecule has 6 heteroatoms. The summed E-state index contributed by atoms with van der Waals surface area (Å²) >= 11 is 0. The van der Waals surface area contributed by atoms with Crippen LogP contribution in [-0.4, -0.2) is 72.8 Å². The Morgan fingerprint density at radius 1 is 1.17 bits per heavy atom. The predicted octanol–water partition coefficient (Wildman–Crippen LogP) is 2.80. The van der Waals surface area contributed by atoms with Crippen LogP contribution < -0.4 is 5.32 Å². The minimum Gasteiger partial charge on any atom is -0.379 e. The maximum absolute atomic E-state index is 5.48. The number of likely N-dealkylation sites (tertiary alicyclic amines) is 1. The van der Waals surface area contributed by atoms with E-state index in [0.717, 1.165) is 51.9 Å². The SMILES string of the molecule is CCNC(=NCC(C)(C)N1CCOCC1)N1CC(C)(C)C1(C)C.I. The first-order chi connectivity index (χ1) is 10.6. The van der Waals surface area contributed by atoms with Gasteiger partial charge in [0.2, 0.25) is 0 Å². The van der Waals surface area contributed by atoms with Crippen LogP contribution in [0, 0.1) is 5.41 Å². The van der Waals surface area contributed by atoms with Crippen LogP contribution in [0.1, 0.15) is 48.5 Å². The number of nitrogens with zero attached hydrogens (tertiary/aromatic N) is 3. The van der Waals surface area contributed by atoms with Gasteiger partial charge in [-0.1, -0.05) is 13.8 Å². The van der Waals surface area contributed by atoms with Crippen molar-refractivity contribution >= 4 is 29.9 Å². The van der Waals surface area contributed by atoms with Gasteiger partial charge in [0, 0.05) is 42.7 Å². The fraction of sp³-hybridized carbons (Fsp3) is 0.944. The Kier molecular flexibility index (Phi) is 7.39. The highest BCUT2D eigenvalue weighted by atomic mass is 127. The molecule has 2 heterocycles. The van der Waals surface area contributed by atoms with E-state index in [2.05, 4.69) is 63.6 Å². The Bertz CT molecular complexity index is 442. The topological polar surface area (TPSA) is 40.1 Å². The minimum absolute atomic E-state index is 0. The summed E-state index contributed by atoms with van der Waals surface area (Å²) in [7, 11) is 0. The van der Waals surface area contributed by atoms with E-state index in [1.165, 1.54) is 0 Å². The van der Waals surface area contributed by atoms with Crippen LogP contribution in [0.5, 0.6) is 0 Å². The number of hydrogen-bond acceptors (Lipinski definition) is 3. The molecule has 0 aromatic carbocycles. The van der Waals surface area contributed by atoms with Gasteiger partial charge in [-0.3, -0.25) is 9.89 Å². The van der Waals surface area contributed by atoms with E-state index in [9.17, 15) is 0 Å². The summed E-state index contributed by atoms with van der Waals surface area (Å²) in [6.07, 6.45) is 0. The lowest BCUT2D eigenvalue weighted by Gasteiger charge is -2.62. The van der Waals surface area contributed by atoms with Gasteiger partial charge in [-0.2, -0.15) is 0 Å². The molecule has 0 unspecified atom stereocenters. The Morgan fingerprint density at radius 3 is 2.21 bits per heavy atom. The quantitative estimate of drug-likeness (QED) is 0.405. The van der Waals surface area contributed by atoms with Crippen molar-refractivity contribution in [3.63, 3.8) is 0 Å². The zero-order chi connectivity index (χ0) is 17.3. The lowest BCUT2D eigenvalue weighted by Crippen LogP contribution is -2.72. The molecule has 0 aromatic rings. The van der Waals surface area contributed by atoms with Gasteiger partial charge in [-0.05, 0) is 34.6 Å². The summed E-state index contributed by atoms with van der Waals surface area (Å²) < 4.78 is 5.48. The van der Waals surface area contributed by atoms with Gasteiger partial charge in [-0.25, -0.2) is 0 Å². The Morgan fingerprint density at radius 2 is 1.75 bits per heavy atom. The van der Waals surface area contributed by atoms with Crippen molar-refractivity contribution in [2.45, 2.75) is 59.5 Å². The fourth-order valence-corrected chi connectivity index (χ4v) is 3.33. The standard InChI is InChI=1S/C18H36N4O.HI/c1-8-19-15(22-14-16(2,3)18(22,6)7)20-13-17(4,5)21-9-11-23-12-10-21;/h8-14H2,1-7H3,(H,19,20);1H. The first kappa shape index (κ1) is 22.0. The van der Waals surface area contributed by atoms with Crippen molar-refractivity contribution < 1.29 is 4.74 Å². The third-order valence-electron chi connectivity index (χ3n) is 5.96.